The van der Waals surface area contributed by atoms with Gasteiger partial charge in [-0.1, -0.05) is 0 Å². The molecule has 3 nitrogen and oxygen atoms in total. The number of carboxylic acid groups (broad SMARTS) is 1. The SMILES string of the molecule is O=C(O)C1=C(C(=O)c2ccc(F)cc2)CCCC1. The lowest BCUT2D eigenvalue weighted by Gasteiger charge is -2.16. The number of halogens is 1. The molecule has 1 aromatic rings. The highest BCUT2D eigenvalue weighted by atomic mass is 19.1. The molecular weight excluding hydrogens is 235 g/mol. The van der Waals surface area contributed by atoms with Gasteiger partial charge in [0, 0.05) is 16.7 Å². The summed E-state index contributed by atoms with van der Waals surface area (Å²) in [5, 5.41) is 9.08. The summed E-state index contributed by atoms with van der Waals surface area (Å²) in [5.41, 5.74) is 0.906. The van der Waals surface area contributed by atoms with E-state index in [2.05, 4.69) is 0 Å². The minimum atomic E-state index is -1.03. The van der Waals surface area contributed by atoms with Crippen LogP contribution in [0.3, 0.4) is 0 Å². The number of aliphatic carboxylic acids is 1. The summed E-state index contributed by atoms with van der Waals surface area (Å²) in [6.45, 7) is 0. The molecule has 0 unspecified atom stereocenters. The maximum Gasteiger partial charge on any atom is 0.331 e. The van der Waals surface area contributed by atoms with Gasteiger partial charge in [0.15, 0.2) is 5.78 Å². The second-order valence-corrected chi connectivity index (χ2v) is 4.31. The van der Waals surface area contributed by atoms with Crippen molar-refractivity contribution in [2.45, 2.75) is 25.7 Å². The molecular formula is C14H13FO3. The zero-order valence-electron chi connectivity index (χ0n) is 9.78. The number of Topliss-reactive ketones (excluding diaryl/α,β-unsaturated/α-hetero) is 1. The minimum Gasteiger partial charge on any atom is -0.478 e. The maximum absolute atomic E-state index is 12.8. The second kappa shape index (κ2) is 5.12. The number of ketones is 1. The first-order valence-electron chi connectivity index (χ1n) is 5.85. The normalized spacial score (nSPS) is 15.6. The van der Waals surface area contributed by atoms with Crippen molar-refractivity contribution in [2.24, 2.45) is 0 Å². The predicted octanol–water partition coefficient (Wildman–Crippen LogP) is 2.96. The van der Waals surface area contributed by atoms with Crippen LogP contribution in [0.1, 0.15) is 36.0 Å². The Kier molecular flexibility index (Phi) is 3.55. The summed E-state index contributed by atoms with van der Waals surface area (Å²) in [7, 11) is 0. The first-order valence-corrected chi connectivity index (χ1v) is 5.85. The molecule has 0 aromatic heterocycles. The van der Waals surface area contributed by atoms with E-state index in [9.17, 15) is 14.0 Å². The van der Waals surface area contributed by atoms with Gasteiger partial charge in [0.1, 0.15) is 5.82 Å². The molecule has 0 aliphatic heterocycles. The van der Waals surface area contributed by atoms with E-state index in [1.54, 1.807) is 0 Å². The van der Waals surface area contributed by atoms with E-state index < -0.39 is 11.8 Å². The number of carbonyl (C=O) groups is 2. The quantitative estimate of drug-likeness (QED) is 0.837. The third kappa shape index (κ3) is 2.47. The van der Waals surface area contributed by atoms with Crippen LogP contribution in [0.15, 0.2) is 35.4 Å². The third-order valence-corrected chi connectivity index (χ3v) is 3.11. The Morgan fingerprint density at radius 3 is 2.11 bits per heavy atom. The fourth-order valence-electron chi connectivity index (χ4n) is 2.17. The lowest BCUT2D eigenvalue weighted by molar-refractivity contribution is -0.133. The first kappa shape index (κ1) is 12.5. The van der Waals surface area contributed by atoms with Gasteiger partial charge in [0.05, 0.1) is 0 Å². The van der Waals surface area contributed by atoms with Gasteiger partial charge in [-0.3, -0.25) is 4.79 Å². The van der Waals surface area contributed by atoms with Crippen LogP contribution in [-0.2, 0) is 4.79 Å². The molecule has 0 radical (unpaired) electrons. The van der Waals surface area contributed by atoms with Crippen molar-refractivity contribution < 1.29 is 19.1 Å². The number of hydrogen-bond donors (Lipinski definition) is 1. The van der Waals surface area contributed by atoms with E-state index in [1.807, 2.05) is 0 Å². The van der Waals surface area contributed by atoms with Crippen LogP contribution in [0.25, 0.3) is 0 Å². The lowest BCUT2D eigenvalue weighted by Crippen LogP contribution is -2.15. The summed E-state index contributed by atoms with van der Waals surface area (Å²) in [5.74, 6) is -1.74. The molecule has 4 heteroatoms. The molecule has 0 heterocycles. The largest absolute Gasteiger partial charge is 0.478 e. The topological polar surface area (TPSA) is 54.4 Å². The maximum atomic E-state index is 12.8. The number of hydrogen-bond acceptors (Lipinski definition) is 2. The lowest BCUT2D eigenvalue weighted by atomic mass is 9.87. The van der Waals surface area contributed by atoms with E-state index >= 15 is 0 Å². The summed E-state index contributed by atoms with van der Waals surface area (Å²) in [6.07, 6.45) is 2.52. The Morgan fingerprint density at radius 2 is 1.56 bits per heavy atom. The van der Waals surface area contributed by atoms with E-state index in [4.69, 9.17) is 5.11 Å². The van der Waals surface area contributed by atoms with Gasteiger partial charge in [-0.2, -0.15) is 0 Å². The fourth-order valence-corrected chi connectivity index (χ4v) is 2.17. The van der Waals surface area contributed by atoms with Gasteiger partial charge >= 0.3 is 5.97 Å². The van der Waals surface area contributed by atoms with Crippen molar-refractivity contribution in [3.63, 3.8) is 0 Å². The van der Waals surface area contributed by atoms with Gasteiger partial charge in [0.25, 0.3) is 0 Å². The Morgan fingerprint density at radius 1 is 1.00 bits per heavy atom. The van der Waals surface area contributed by atoms with E-state index in [-0.39, 0.29) is 11.4 Å². The first-order chi connectivity index (χ1) is 8.59. The molecule has 1 aromatic carbocycles. The van der Waals surface area contributed by atoms with Gasteiger partial charge in [-0.05, 0) is 49.9 Å². The molecule has 0 amide bonds. The van der Waals surface area contributed by atoms with Crippen molar-refractivity contribution in [2.75, 3.05) is 0 Å². The van der Waals surface area contributed by atoms with Crippen LogP contribution in [-0.4, -0.2) is 16.9 Å². The van der Waals surface area contributed by atoms with Crippen LogP contribution in [0, 0.1) is 5.82 Å². The Bertz CT molecular complexity index is 514. The third-order valence-electron chi connectivity index (χ3n) is 3.11. The second-order valence-electron chi connectivity index (χ2n) is 4.31. The summed E-state index contributed by atoms with van der Waals surface area (Å²) in [4.78, 5) is 23.3. The summed E-state index contributed by atoms with van der Waals surface area (Å²) in [6, 6.07) is 5.19. The van der Waals surface area contributed by atoms with Crippen molar-refractivity contribution >= 4 is 11.8 Å². The molecule has 0 atom stereocenters. The highest BCUT2D eigenvalue weighted by Gasteiger charge is 2.24. The van der Waals surface area contributed by atoms with Gasteiger partial charge in [-0.25, -0.2) is 9.18 Å². The highest BCUT2D eigenvalue weighted by molar-refractivity contribution is 6.12. The molecule has 0 saturated heterocycles. The highest BCUT2D eigenvalue weighted by Crippen LogP contribution is 2.27. The Balaban J connectivity index is 2.37. The Hall–Kier alpha value is -1.97. The van der Waals surface area contributed by atoms with E-state index in [1.165, 1.54) is 24.3 Å². The number of carbonyl (C=O) groups excluding carboxylic acids is 1. The van der Waals surface area contributed by atoms with E-state index in [0.29, 0.717) is 24.0 Å². The number of benzene rings is 1. The average Bonchev–Trinajstić information content (AvgIpc) is 2.39. The zero-order valence-corrected chi connectivity index (χ0v) is 9.78. The zero-order chi connectivity index (χ0) is 13.1. The fraction of sp³-hybridized carbons (Fsp3) is 0.286. The van der Waals surface area contributed by atoms with Gasteiger partial charge in [-0.15, -0.1) is 0 Å². The monoisotopic (exact) mass is 248 g/mol. The molecule has 1 N–H and O–H groups in total. The van der Waals surface area contributed by atoms with Crippen molar-refractivity contribution in [1.29, 1.82) is 0 Å². The van der Waals surface area contributed by atoms with Crippen molar-refractivity contribution in [1.82, 2.24) is 0 Å². The molecule has 0 saturated carbocycles. The standard InChI is InChI=1S/C14H13FO3/c15-10-7-5-9(6-8-10)13(16)11-3-1-2-4-12(11)14(17)18/h5-8H,1-4H2,(H,17,18). The molecule has 0 fully saturated rings. The molecule has 2 rings (SSSR count). The van der Waals surface area contributed by atoms with Crippen LogP contribution >= 0.6 is 0 Å². The van der Waals surface area contributed by atoms with Gasteiger partial charge < -0.3 is 5.11 Å². The molecule has 18 heavy (non-hydrogen) atoms. The Labute approximate surface area is 104 Å². The van der Waals surface area contributed by atoms with Gasteiger partial charge in [0.2, 0.25) is 0 Å². The van der Waals surface area contributed by atoms with Crippen molar-refractivity contribution in [3.05, 3.63) is 46.8 Å². The van der Waals surface area contributed by atoms with Crippen LogP contribution in [0.2, 0.25) is 0 Å². The molecule has 1 aliphatic carbocycles. The predicted molar refractivity (Wildman–Crippen MR) is 63.9 cm³/mol. The van der Waals surface area contributed by atoms with E-state index in [0.717, 1.165) is 12.8 Å². The minimum absolute atomic E-state index is 0.204. The summed E-state index contributed by atoms with van der Waals surface area (Å²) < 4.78 is 12.8. The molecule has 94 valence electrons. The number of carboxylic acids is 1. The van der Waals surface area contributed by atoms with Crippen molar-refractivity contribution in [3.8, 4) is 0 Å². The number of allylic oxidation sites excluding steroid dienone is 1. The summed E-state index contributed by atoms with van der Waals surface area (Å²) >= 11 is 0. The molecule has 1 aliphatic rings. The van der Waals surface area contributed by atoms with Crippen LogP contribution in [0.5, 0.6) is 0 Å². The average molecular weight is 248 g/mol. The molecule has 0 bridgehead atoms. The van der Waals surface area contributed by atoms with Crippen LogP contribution in [0.4, 0.5) is 4.39 Å². The number of rotatable bonds is 3. The smallest absolute Gasteiger partial charge is 0.331 e. The molecule has 0 spiro atoms. The van der Waals surface area contributed by atoms with Crippen LogP contribution < -0.4 is 0 Å².